The number of carbonyl (C=O) groups is 2. The van der Waals surface area contributed by atoms with Gasteiger partial charge in [-0.25, -0.2) is 0 Å². The van der Waals surface area contributed by atoms with E-state index in [2.05, 4.69) is 4.90 Å². The molecule has 1 amide bonds. The number of likely N-dealkylation sites (N-methyl/N-ethyl adjacent to an activating group) is 1. The molecule has 0 radical (unpaired) electrons. The summed E-state index contributed by atoms with van der Waals surface area (Å²) in [6.07, 6.45) is 4.92. The van der Waals surface area contributed by atoms with Gasteiger partial charge in [0.1, 0.15) is 23.9 Å². The molecular weight excluding hydrogens is 444 g/mol. The molecule has 0 aromatic heterocycles. The van der Waals surface area contributed by atoms with Crippen LogP contribution in [0.1, 0.15) is 56.2 Å². The van der Waals surface area contributed by atoms with Crippen molar-refractivity contribution in [1.82, 2.24) is 4.90 Å². The lowest BCUT2D eigenvalue weighted by Gasteiger charge is -2.35. The van der Waals surface area contributed by atoms with Gasteiger partial charge in [-0.05, 0) is 55.7 Å². The van der Waals surface area contributed by atoms with Gasteiger partial charge >= 0.3 is 0 Å². The summed E-state index contributed by atoms with van der Waals surface area (Å²) in [5.74, 6) is 0.150. The fourth-order valence-corrected chi connectivity index (χ4v) is 5.48. The lowest BCUT2D eigenvalue weighted by molar-refractivity contribution is -0.141. The summed E-state index contributed by atoms with van der Waals surface area (Å²) in [6, 6.07) is 12.2. The first-order valence-corrected chi connectivity index (χ1v) is 12.5. The van der Waals surface area contributed by atoms with E-state index in [1.807, 2.05) is 50.4 Å². The maximum atomic E-state index is 13.4. The molecule has 35 heavy (non-hydrogen) atoms. The van der Waals surface area contributed by atoms with Crippen molar-refractivity contribution in [2.75, 3.05) is 31.7 Å². The fourth-order valence-electron chi connectivity index (χ4n) is 5.48. The molecule has 7 nitrogen and oxygen atoms in total. The molecule has 5 rings (SSSR count). The minimum absolute atomic E-state index is 0.0230. The van der Waals surface area contributed by atoms with E-state index in [0.717, 1.165) is 61.4 Å². The zero-order valence-corrected chi connectivity index (χ0v) is 20.3. The van der Waals surface area contributed by atoms with Crippen LogP contribution in [0.4, 0.5) is 5.69 Å². The molecular formula is C28H32N2O5. The monoisotopic (exact) mass is 476 g/mol. The van der Waals surface area contributed by atoms with Gasteiger partial charge in [-0.15, -0.1) is 0 Å². The minimum Gasteiger partial charge on any atom is -0.507 e. The summed E-state index contributed by atoms with van der Waals surface area (Å²) in [7, 11) is 1.97. The Morgan fingerprint density at radius 2 is 1.83 bits per heavy atom. The summed E-state index contributed by atoms with van der Waals surface area (Å²) in [5, 5.41) is 11.5. The molecule has 1 unspecified atom stereocenters. The van der Waals surface area contributed by atoms with Crippen molar-refractivity contribution in [2.24, 2.45) is 0 Å². The molecule has 0 bridgehead atoms. The number of aliphatic hydroxyl groups is 1. The molecule has 7 heteroatoms. The molecule has 2 heterocycles. The molecule has 184 valence electrons. The molecule has 0 spiro atoms. The molecule has 2 fully saturated rings. The third kappa shape index (κ3) is 4.24. The summed E-state index contributed by atoms with van der Waals surface area (Å²) in [4.78, 5) is 30.6. The Bertz CT molecular complexity index is 1150. The number of likely N-dealkylation sites (tertiary alicyclic amines) is 1. The molecule has 2 aliphatic heterocycles. The van der Waals surface area contributed by atoms with Crippen LogP contribution in [0.5, 0.6) is 11.5 Å². The first-order chi connectivity index (χ1) is 17.0. The van der Waals surface area contributed by atoms with E-state index in [1.54, 1.807) is 11.0 Å². The van der Waals surface area contributed by atoms with Crippen molar-refractivity contribution in [3.8, 4) is 11.5 Å². The first-order valence-electron chi connectivity index (χ1n) is 12.5. The maximum absolute atomic E-state index is 13.4. The maximum Gasteiger partial charge on any atom is 0.295 e. The smallest absolute Gasteiger partial charge is 0.295 e. The topological polar surface area (TPSA) is 79.3 Å². The van der Waals surface area contributed by atoms with Crippen LogP contribution in [0, 0.1) is 0 Å². The van der Waals surface area contributed by atoms with Crippen molar-refractivity contribution in [3.05, 3.63) is 59.2 Å². The van der Waals surface area contributed by atoms with Crippen LogP contribution < -0.4 is 14.4 Å². The number of ketones is 1. The van der Waals surface area contributed by atoms with Crippen molar-refractivity contribution in [3.63, 3.8) is 0 Å². The zero-order chi connectivity index (χ0) is 24.5. The van der Waals surface area contributed by atoms with Gasteiger partial charge in [0.05, 0.1) is 30.5 Å². The average molecular weight is 477 g/mol. The number of benzene rings is 2. The Kier molecular flexibility index (Phi) is 6.41. The molecule has 1 aliphatic carbocycles. The van der Waals surface area contributed by atoms with Crippen LogP contribution in [-0.2, 0) is 9.59 Å². The average Bonchev–Trinajstić information content (AvgIpc) is 3.15. The van der Waals surface area contributed by atoms with Crippen molar-refractivity contribution in [2.45, 2.75) is 51.1 Å². The lowest BCUT2D eigenvalue weighted by Crippen LogP contribution is -2.40. The molecule has 1 saturated carbocycles. The molecule has 2 aromatic rings. The standard InChI is InChI=1S/C28H32N2O5/c1-3-34-21-12-9-18(10-13-21)25-24(27(32)28(33)30(25)20-7-5-4-6-8-20)26(31)19-11-14-23-22(17-19)29(2)15-16-35-23/h9-14,17,20,25,31H,3-8,15-16H2,1-2H3/b26-24-. The Hall–Kier alpha value is -3.48. The number of hydrogen-bond acceptors (Lipinski definition) is 6. The van der Waals surface area contributed by atoms with Crippen molar-refractivity contribution < 1.29 is 24.2 Å². The summed E-state index contributed by atoms with van der Waals surface area (Å²) in [5.41, 5.74) is 2.28. The Labute approximate surface area is 205 Å². The Morgan fingerprint density at radius 1 is 1.09 bits per heavy atom. The van der Waals surface area contributed by atoms with Crippen LogP contribution in [0.25, 0.3) is 5.76 Å². The van der Waals surface area contributed by atoms with E-state index >= 15 is 0 Å². The number of carbonyl (C=O) groups excluding carboxylic acids is 2. The number of ether oxygens (including phenoxy) is 2. The molecule has 1 atom stereocenters. The zero-order valence-electron chi connectivity index (χ0n) is 20.3. The van der Waals surface area contributed by atoms with Crippen LogP contribution in [0.15, 0.2) is 48.0 Å². The highest BCUT2D eigenvalue weighted by Gasteiger charge is 2.48. The second-order valence-electron chi connectivity index (χ2n) is 9.45. The van der Waals surface area contributed by atoms with E-state index in [1.165, 1.54) is 0 Å². The normalized spacial score (nSPS) is 22.2. The van der Waals surface area contributed by atoms with E-state index in [9.17, 15) is 14.7 Å². The molecule has 3 aliphatic rings. The third-order valence-electron chi connectivity index (χ3n) is 7.28. The van der Waals surface area contributed by atoms with Gasteiger partial charge in [0.2, 0.25) is 0 Å². The number of Topliss-reactive ketones (excluding diaryl/α,β-unsaturated/α-hetero) is 1. The van der Waals surface area contributed by atoms with Crippen molar-refractivity contribution >= 4 is 23.1 Å². The van der Waals surface area contributed by atoms with E-state index in [-0.39, 0.29) is 17.4 Å². The first kappa shape index (κ1) is 23.3. The number of anilines is 1. The quantitative estimate of drug-likeness (QED) is 0.384. The van der Waals surface area contributed by atoms with Crippen LogP contribution in [0.3, 0.4) is 0 Å². The largest absolute Gasteiger partial charge is 0.507 e. The molecule has 2 aromatic carbocycles. The predicted octanol–water partition coefficient (Wildman–Crippen LogP) is 4.67. The number of rotatable bonds is 5. The van der Waals surface area contributed by atoms with E-state index < -0.39 is 17.7 Å². The second-order valence-corrected chi connectivity index (χ2v) is 9.45. The van der Waals surface area contributed by atoms with Gasteiger partial charge in [-0.3, -0.25) is 9.59 Å². The van der Waals surface area contributed by atoms with E-state index in [4.69, 9.17) is 9.47 Å². The number of hydrogen-bond donors (Lipinski definition) is 1. The number of amides is 1. The highest BCUT2D eigenvalue weighted by molar-refractivity contribution is 6.46. The van der Waals surface area contributed by atoms with Gasteiger partial charge in [-0.1, -0.05) is 31.4 Å². The fraction of sp³-hybridized carbons (Fsp3) is 0.429. The SMILES string of the molecule is CCOc1ccc(C2/C(=C(/O)c3ccc4c(c3)N(C)CCO4)C(=O)C(=O)N2C2CCCCC2)cc1. The molecule has 1 saturated heterocycles. The summed E-state index contributed by atoms with van der Waals surface area (Å²) < 4.78 is 11.3. The van der Waals surface area contributed by atoms with Gasteiger partial charge in [0.25, 0.3) is 11.7 Å². The predicted molar refractivity (Wildman–Crippen MR) is 134 cm³/mol. The highest BCUT2D eigenvalue weighted by atomic mass is 16.5. The number of aliphatic hydroxyl groups excluding tert-OH is 1. The van der Waals surface area contributed by atoms with Gasteiger partial charge in [-0.2, -0.15) is 0 Å². The van der Waals surface area contributed by atoms with E-state index in [0.29, 0.717) is 18.8 Å². The Morgan fingerprint density at radius 3 is 2.54 bits per heavy atom. The molecule has 1 N–H and O–H groups in total. The summed E-state index contributed by atoms with van der Waals surface area (Å²) >= 11 is 0. The highest BCUT2D eigenvalue weighted by Crippen LogP contribution is 2.44. The van der Waals surface area contributed by atoms with Crippen LogP contribution in [0.2, 0.25) is 0 Å². The third-order valence-corrected chi connectivity index (χ3v) is 7.28. The van der Waals surface area contributed by atoms with Gasteiger partial charge in [0, 0.05) is 18.7 Å². The van der Waals surface area contributed by atoms with Crippen LogP contribution >= 0.6 is 0 Å². The number of fused-ring (bicyclic) bond motifs is 1. The van der Waals surface area contributed by atoms with Crippen molar-refractivity contribution in [1.29, 1.82) is 0 Å². The minimum atomic E-state index is -0.640. The second kappa shape index (κ2) is 9.64. The van der Waals surface area contributed by atoms with Gasteiger partial charge in [0.15, 0.2) is 0 Å². The van der Waals surface area contributed by atoms with Gasteiger partial charge < -0.3 is 24.4 Å². The lowest BCUT2D eigenvalue weighted by atomic mass is 9.91. The van der Waals surface area contributed by atoms with Crippen LogP contribution in [-0.4, -0.2) is 54.5 Å². The summed E-state index contributed by atoms with van der Waals surface area (Å²) in [6.45, 7) is 3.80. The number of nitrogens with zero attached hydrogens (tertiary/aromatic N) is 2. The Balaban J connectivity index is 1.62.